The summed E-state index contributed by atoms with van der Waals surface area (Å²) in [6.07, 6.45) is 0.401. The maximum absolute atomic E-state index is 10.6. The van der Waals surface area contributed by atoms with Gasteiger partial charge in [-0.15, -0.1) is 0 Å². The molecule has 5 heteroatoms. The number of aliphatic hydroxyl groups is 1. The van der Waals surface area contributed by atoms with Gasteiger partial charge in [0.15, 0.2) is 0 Å². The monoisotopic (exact) mass is 247 g/mol. The summed E-state index contributed by atoms with van der Waals surface area (Å²) in [4.78, 5) is 10.6. The summed E-state index contributed by atoms with van der Waals surface area (Å²) in [5.74, 6) is 0.698. The molecule has 94 valence electrons. The molecule has 1 aromatic heterocycles. The lowest BCUT2D eigenvalue weighted by Gasteiger charge is -2.15. The molecule has 3 N–H and O–H groups in total. The molecule has 0 saturated heterocycles. The van der Waals surface area contributed by atoms with Gasteiger partial charge in [0.05, 0.1) is 18.9 Å². The Balaban J connectivity index is 2.28. The van der Waals surface area contributed by atoms with Crippen LogP contribution in [0.2, 0.25) is 0 Å². The largest absolute Gasteiger partial charge is 0.465 e. The van der Waals surface area contributed by atoms with Crippen molar-refractivity contribution in [1.29, 1.82) is 0 Å². The molecular formula is C13H13NO4. The van der Waals surface area contributed by atoms with Gasteiger partial charge in [0.2, 0.25) is 0 Å². The SMILES string of the molecule is O=C(O)N[C@H](CO)c1cccc(-c2ccco2)c1. The van der Waals surface area contributed by atoms with E-state index < -0.39 is 12.1 Å². The molecular weight excluding hydrogens is 234 g/mol. The predicted octanol–water partition coefficient (Wildman–Crippen LogP) is 2.25. The maximum Gasteiger partial charge on any atom is 0.405 e. The standard InChI is InChI=1S/C13H13NO4/c15-8-11(14-13(16)17)9-3-1-4-10(7-9)12-5-2-6-18-12/h1-7,11,14-15H,8H2,(H,16,17)/t11-/m1/s1. The summed E-state index contributed by atoms with van der Waals surface area (Å²) in [5, 5.41) is 20.1. The van der Waals surface area contributed by atoms with Crippen LogP contribution in [0.3, 0.4) is 0 Å². The molecule has 0 aliphatic heterocycles. The Morgan fingerprint density at radius 1 is 1.33 bits per heavy atom. The predicted molar refractivity (Wildman–Crippen MR) is 65.1 cm³/mol. The number of carbonyl (C=O) groups is 1. The molecule has 5 nitrogen and oxygen atoms in total. The van der Waals surface area contributed by atoms with E-state index >= 15 is 0 Å². The molecule has 0 bridgehead atoms. The van der Waals surface area contributed by atoms with Gasteiger partial charge in [0.1, 0.15) is 5.76 Å². The number of furan rings is 1. The van der Waals surface area contributed by atoms with Crippen molar-refractivity contribution in [3.63, 3.8) is 0 Å². The molecule has 1 aromatic carbocycles. The molecule has 2 aromatic rings. The number of hydrogen-bond donors (Lipinski definition) is 3. The van der Waals surface area contributed by atoms with Gasteiger partial charge in [-0.2, -0.15) is 0 Å². The van der Waals surface area contributed by atoms with Crippen molar-refractivity contribution < 1.29 is 19.4 Å². The number of benzene rings is 1. The highest BCUT2D eigenvalue weighted by atomic mass is 16.4. The fraction of sp³-hybridized carbons (Fsp3) is 0.154. The van der Waals surface area contributed by atoms with Crippen LogP contribution >= 0.6 is 0 Å². The Morgan fingerprint density at radius 3 is 2.78 bits per heavy atom. The van der Waals surface area contributed by atoms with Gasteiger partial charge in [0, 0.05) is 5.56 Å². The first-order valence-electron chi connectivity index (χ1n) is 5.45. The molecule has 0 aliphatic rings. The lowest BCUT2D eigenvalue weighted by atomic mass is 10.0. The molecule has 1 amide bonds. The van der Waals surface area contributed by atoms with Gasteiger partial charge < -0.3 is 19.9 Å². The van der Waals surface area contributed by atoms with Gasteiger partial charge in [-0.3, -0.25) is 0 Å². The average Bonchev–Trinajstić information content (AvgIpc) is 2.89. The van der Waals surface area contributed by atoms with Gasteiger partial charge in [-0.1, -0.05) is 18.2 Å². The van der Waals surface area contributed by atoms with E-state index in [1.54, 1.807) is 30.5 Å². The number of nitrogens with one attached hydrogen (secondary N) is 1. The summed E-state index contributed by atoms with van der Waals surface area (Å²) in [6, 6.07) is 10.1. The number of aliphatic hydroxyl groups excluding tert-OH is 1. The zero-order valence-electron chi connectivity index (χ0n) is 9.54. The molecule has 0 saturated carbocycles. The number of rotatable bonds is 4. The van der Waals surface area contributed by atoms with Crippen LogP contribution in [-0.2, 0) is 0 Å². The molecule has 0 spiro atoms. The molecule has 1 atom stereocenters. The van der Waals surface area contributed by atoms with Gasteiger partial charge in [-0.25, -0.2) is 4.79 Å². The highest BCUT2D eigenvalue weighted by Crippen LogP contribution is 2.23. The maximum atomic E-state index is 10.6. The van der Waals surface area contributed by atoms with E-state index in [0.29, 0.717) is 11.3 Å². The van der Waals surface area contributed by atoms with Crippen LogP contribution < -0.4 is 5.32 Å². The van der Waals surface area contributed by atoms with Crippen molar-refractivity contribution in [2.24, 2.45) is 0 Å². The van der Waals surface area contributed by atoms with E-state index in [4.69, 9.17) is 9.52 Å². The van der Waals surface area contributed by atoms with Gasteiger partial charge >= 0.3 is 6.09 Å². The Hall–Kier alpha value is -2.27. The minimum absolute atomic E-state index is 0.298. The Morgan fingerprint density at radius 2 is 2.17 bits per heavy atom. The second kappa shape index (κ2) is 5.37. The summed E-state index contributed by atoms with van der Waals surface area (Å²) in [7, 11) is 0. The van der Waals surface area contributed by atoms with Gasteiger partial charge in [0.25, 0.3) is 0 Å². The topological polar surface area (TPSA) is 82.7 Å². The van der Waals surface area contributed by atoms with E-state index in [1.807, 2.05) is 12.1 Å². The van der Waals surface area contributed by atoms with Crippen LogP contribution in [0.1, 0.15) is 11.6 Å². The minimum Gasteiger partial charge on any atom is -0.465 e. The zero-order valence-corrected chi connectivity index (χ0v) is 9.54. The van der Waals surface area contributed by atoms with Crippen LogP contribution in [-0.4, -0.2) is 22.9 Å². The Bertz CT molecular complexity index is 522. The molecule has 1 heterocycles. The van der Waals surface area contributed by atoms with Crippen molar-refractivity contribution >= 4 is 6.09 Å². The second-order valence-corrected chi connectivity index (χ2v) is 3.79. The summed E-state index contributed by atoms with van der Waals surface area (Å²) in [5.41, 5.74) is 1.52. The van der Waals surface area contributed by atoms with Crippen LogP contribution in [0.4, 0.5) is 4.79 Å². The van der Waals surface area contributed by atoms with Crippen molar-refractivity contribution in [3.05, 3.63) is 48.2 Å². The van der Waals surface area contributed by atoms with Crippen molar-refractivity contribution in [1.82, 2.24) is 5.32 Å². The third-order valence-corrected chi connectivity index (χ3v) is 2.57. The molecule has 0 radical (unpaired) electrons. The first kappa shape index (κ1) is 12.2. The minimum atomic E-state index is -1.17. The van der Waals surface area contributed by atoms with E-state index in [0.717, 1.165) is 5.56 Å². The normalized spacial score (nSPS) is 12.1. The van der Waals surface area contributed by atoms with Crippen molar-refractivity contribution in [2.75, 3.05) is 6.61 Å². The lowest BCUT2D eigenvalue weighted by molar-refractivity contribution is 0.177. The third-order valence-electron chi connectivity index (χ3n) is 2.57. The summed E-state index contributed by atoms with van der Waals surface area (Å²) in [6.45, 7) is -0.298. The van der Waals surface area contributed by atoms with E-state index in [9.17, 15) is 9.90 Å². The lowest BCUT2D eigenvalue weighted by Crippen LogP contribution is -2.29. The van der Waals surface area contributed by atoms with E-state index in [2.05, 4.69) is 5.32 Å². The summed E-state index contributed by atoms with van der Waals surface area (Å²) >= 11 is 0. The number of hydrogen-bond acceptors (Lipinski definition) is 3. The highest BCUT2D eigenvalue weighted by molar-refractivity contribution is 5.66. The first-order chi connectivity index (χ1) is 8.70. The van der Waals surface area contributed by atoms with Crippen LogP contribution in [0, 0.1) is 0 Å². The third kappa shape index (κ3) is 2.70. The Labute approximate surface area is 104 Å². The molecule has 0 unspecified atom stereocenters. The molecule has 0 aliphatic carbocycles. The van der Waals surface area contributed by atoms with Crippen LogP contribution in [0.15, 0.2) is 47.1 Å². The van der Waals surface area contributed by atoms with Crippen molar-refractivity contribution in [3.8, 4) is 11.3 Å². The highest BCUT2D eigenvalue weighted by Gasteiger charge is 2.13. The second-order valence-electron chi connectivity index (χ2n) is 3.79. The average molecular weight is 247 g/mol. The smallest absolute Gasteiger partial charge is 0.405 e. The quantitative estimate of drug-likeness (QED) is 0.773. The molecule has 0 fully saturated rings. The fourth-order valence-electron chi connectivity index (χ4n) is 1.73. The van der Waals surface area contributed by atoms with Gasteiger partial charge in [-0.05, 0) is 23.8 Å². The van der Waals surface area contributed by atoms with E-state index in [-0.39, 0.29) is 6.61 Å². The fourth-order valence-corrected chi connectivity index (χ4v) is 1.73. The number of carboxylic acid groups (broad SMARTS) is 1. The van der Waals surface area contributed by atoms with Crippen LogP contribution in [0.25, 0.3) is 11.3 Å². The first-order valence-corrected chi connectivity index (χ1v) is 5.45. The van der Waals surface area contributed by atoms with E-state index in [1.165, 1.54) is 0 Å². The number of amides is 1. The summed E-state index contributed by atoms with van der Waals surface area (Å²) < 4.78 is 5.27. The molecule has 2 rings (SSSR count). The zero-order chi connectivity index (χ0) is 13.0. The molecule has 18 heavy (non-hydrogen) atoms. The van der Waals surface area contributed by atoms with Crippen molar-refractivity contribution in [2.45, 2.75) is 6.04 Å². The van der Waals surface area contributed by atoms with Crippen LogP contribution in [0.5, 0.6) is 0 Å². The Kier molecular flexibility index (Phi) is 3.64.